The second-order valence-corrected chi connectivity index (χ2v) is 4.84. The molecule has 1 heteroatoms. The first-order chi connectivity index (χ1) is 8.34. The molecule has 1 aromatic carbocycles. The monoisotopic (exact) mass is 238 g/mol. The van der Waals surface area contributed by atoms with Crippen molar-refractivity contribution < 1.29 is 0 Å². The van der Waals surface area contributed by atoms with Crippen LogP contribution in [0.3, 0.4) is 0 Å². The first kappa shape index (κ1) is 17.6. The average molecular weight is 238 g/mol. The van der Waals surface area contributed by atoms with Gasteiger partial charge in [0.15, 0.2) is 0 Å². The SMILES string of the molecule is C=C(CCCCCCCCC)c1ccccc1.[LiH]. The van der Waals surface area contributed by atoms with Gasteiger partial charge >= 0.3 is 18.9 Å². The van der Waals surface area contributed by atoms with E-state index in [1.165, 1.54) is 56.1 Å². The van der Waals surface area contributed by atoms with E-state index in [4.69, 9.17) is 0 Å². The second-order valence-electron chi connectivity index (χ2n) is 4.84. The van der Waals surface area contributed by atoms with Crippen LogP contribution in [0.4, 0.5) is 0 Å². The molecule has 0 N–H and O–H groups in total. The van der Waals surface area contributed by atoms with Crippen molar-refractivity contribution in [1.82, 2.24) is 0 Å². The molecule has 0 aliphatic rings. The predicted octanol–water partition coefficient (Wildman–Crippen LogP) is 5.19. The molecule has 0 aliphatic heterocycles. The molecule has 18 heavy (non-hydrogen) atoms. The normalized spacial score (nSPS) is 9.83. The quantitative estimate of drug-likeness (QED) is 0.410. The molecular formula is C17H27Li. The van der Waals surface area contributed by atoms with Gasteiger partial charge in [-0.3, -0.25) is 0 Å². The molecule has 0 fully saturated rings. The molecule has 0 amide bonds. The van der Waals surface area contributed by atoms with Crippen LogP contribution >= 0.6 is 0 Å². The van der Waals surface area contributed by atoms with Crippen LogP contribution in [0.25, 0.3) is 5.57 Å². The van der Waals surface area contributed by atoms with E-state index >= 15 is 0 Å². The Morgan fingerprint density at radius 3 is 2.06 bits per heavy atom. The van der Waals surface area contributed by atoms with E-state index in [1.54, 1.807) is 0 Å². The van der Waals surface area contributed by atoms with Gasteiger partial charge in [-0.15, -0.1) is 0 Å². The van der Waals surface area contributed by atoms with Gasteiger partial charge in [0.25, 0.3) is 0 Å². The summed E-state index contributed by atoms with van der Waals surface area (Å²) >= 11 is 0. The number of rotatable bonds is 9. The van der Waals surface area contributed by atoms with Gasteiger partial charge in [-0.05, 0) is 24.0 Å². The minimum absolute atomic E-state index is 0. The third-order valence-corrected chi connectivity index (χ3v) is 3.26. The molecule has 96 valence electrons. The summed E-state index contributed by atoms with van der Waals surface area (Å²) in [5.41, 5.74) is 2.60. The average Bonchev–Trinajstić information content (AvgIpc) is 2.38. The first-order valence-electron chi connectivity index (χ1n) is 7.07. The molecule has 0 radical (unpaired) electrons. The van der Waals surface area contributed by atoms with Crippen molar-refractivity contribution in [3.8, 4) is 0 Å². The van der Waals surface area contributed by atoms with E-state index in [1.807, 2.05) is 0 Å². The van der Waals surface area contributed by atoms with Crippen LogP contribution in [0.2, 0.25) is 0 Å². The van der Waals surface area contributed by atoms with Crippen LogP contribution in [0.15, 0.2) is 36.9 Å². The summed E-state index contributed by atoms with van der Waals surface area (Å²) in [6.07, 6.45) is 10.7. The maximum atomic E-state index is 4.17. The van der Waals surface area contributed by atoms with Crippen LogP contribution in [0, 0.1) is 0 Å². The van der Waals surface area contributed by atoms with Crippen LogP contribution in [0.5, 0.6) is 0 Å². The van der Waals surface area contributed by atoms with Gasteiger partial charge in [-0.2, -0.15) is 0 Å². The van der Waals surface area contributed by atoms with Crippen molar-refractivity contribution in [2.75, 3.05) is 0 Å². The third kappa shape index (κ3) is 7.80. The van der Waals surface area contributed by atoms with Crippen molar-refractivity contribution in [3.05, 3.63) is 42.5 Å². The molecule has 1 aromatic rings. The third-order valence-electron chi connectivity index (χ3n) is 3.26. The number of hydrogen-bond donors (Lipinski definition) is 0. The summed E-state index contributed by atoms with van der Waals surface area (Å²) in [6.45, 7) is 6.44. The maximum absolute atomic E-state index is 4.17. The molecule has 0 nitrogen and oxygen atoms in total. The van der Waals surface area contributed by atoms with Crippen LogP contribution < -0.4 is 0 Å². The fraction of sp³-hybridized carbons (Fsp3) is 0.529. The molecular weight excluding hydrogens is 211 g/mol. The predicted molar refractivity (Wildman–Crippen MR) is 85.2 cm³/mol. The molecule has 0 unspecified atom stereocenters. The Morgan fingerprint density at radius 2 is 1.44 bits per heavy atom. The zero-order chi connectivity index (χ0) is 12.3. The Morgan fingerprint density at radius 1 is 0.889 bits per heavy atom. The van der Waals surface area contributed by atoms with Gasteiger partial charge in [-0.1, -0.05) is 82.4 Å². The minimum atomic E-state index is 0. The van der Waals surface area contributed by atoms with E-state index in [0.717, 1.165) is 6.42 Å². The number of allylic oxidation sites excluding steroid dienone is 1. The Labute approximate surface area is 125 Å². The fourth-order valence-corrected chi connectivity index (χ4v) is 2.11. The summed E-state index contributed by atoms with van der Waals surface area (Å²) in [7, 11) is 0. The number of hydrogen-bond acceptors (Lipinski definition) is 0. The number of benzene rings is 1. The topological polar surface area (TPSA) is 0 Å². The van der Waals surface area contributed by atoms with E-state index in [9.17, 15) is 0 Å². The van der Waals surface area contributed by atoms with Gasteiger partial charge < -0.3 is 0 Å². The molecule has 0 aliphatic carbocycles. The summed E-state index contributed by atoms with van der Waals surface area (Å²) in [4.78, 5) is 0. The Hall–Kier alpha value is -0.443. The van der Waals surface area contributed by atoms with Crippen molar-refractivity contribution in [3.63, 3.8) is 0 Å². The van der Waals surface area contributed by atoms with Crippen molar-refractivity contribution >= 4 is 24.4 Å². The zero-order valence-corrected chi connectivity index (χ0v) is 11.3. The van der Waals surface area contributed by atoms with E-state index in [-0.39, 0.29) is 18.9 Å². The van der Waals surface area contributed by atoms with Gasteiger partial charge in [-0.25, -0.2) is 0 Å². The van der Waals surface area contributed by atoms with Gasteiger partial charge in [0.1, 0.15) is 0 Å². The van der Waals surface area contributed by atoms with E-state index in [2.05, 4.69) is 43.8 Å². The zero-order valence-electron chi connectivity index (χ0n) is 11.3. The molecule has 1 rings (SSSR count). The summed E-state index contributed by atoms with van der Waals surface area (Å²) in [5.74, 6) is 0. The molecule has 0 saturated heterocycles. The van der Waals surface area contributed by atoms with Crippen molar-refractivity contribution in [2.24, 2.45) is 0 Å². The standard InChI is InChI=1S/C17H26.Li.H/c1-3-4-5-6-7-8-10-13-16(2)17-14-11-9-12-15-17;;/h9,11-12,14-15H,2-8,10,13H2,1H3;;. The van der Waals surface area contributed by atoms with Crippen LogP contribution in [-0.4, -0.2) is 18.9 Å². The van der Waals surface area contributed by atoms with Gasteiger partial charge in [0.2, 0.25) is 0 Å². The van der Waals surface area contributed by atoms with E-state index < -0.39 is 0 Å². The first-order valence-corrected chi connectivity index (χ1v) is 7.07. The Kier molecular flexibility index (Phi) is 11.4. The fourth-order valence-electron chi connectivity index (χ4n) is 2.11. The molecule has 0 aromatic heterocycles. The van der Waals surface area contributed by atoms with E-state index in [0.29, 0.717) is 0 Å². The second kappa shape index (κ2) is 11.6. The van der Waals surface area contributed by atoms with Crippen LogP contribution in [0.1, 0.15) is 63.9 Å². The van der Waals surface area contributed by atoms with Gasteiger partial charge in [0.05, 0.1) is 0 Å². The Balaban J connectivity index is 0.00000289. The van der Waals surface area contributed by atoms with Gasteiger partial charge in [0, 0.05) is 0 Å². The van der Waals surface area contributed by atoms with Crippen molar-refractivity contribution in [2.45, 2.75) is 58.3 Å². The summed E-state index contributed by atoms with van der Waals surface area (Å²) in [6, 6.07) is 10.5. The van der Waals surface area contributed by atoms with Crippen molar-refractivity contribution in [1.29, 1.82) is 0 Å². The molecule has 0 saturated carbocycles. The van der Waals surface area contributed by atoms with Crippen LogP contribution in [-0.2, 0) is 0 Å². The molecule has 0 bridgehead atoms. The number of unbranched alkanes of at least 4 members (excludes halogenated alkanes) is 6. The Bertz CT molecular complexity index is 303. The summed E-state index contributed by atoms with van der Waals surface area (Å²) in [5, 5.41) is 0. The summed E-state index contributed by atoms with van der Waals surface area (Å²) < 4.78 is 0. The molecule has 0 spiro atoms. The molecule has 0 atom stereocenters. The molecule has 0 heterocycles.